The Morgan fingerprint density at radius 1 is 1.15 bits per heavy atom. The third-order valence-electron chi connectivity index (χ3n) is 6.18. The number of rotatable bonds is 3. The van der Waals surface area contributed by atoms with Gasteiger partial charge < -0.3 is 16.0 Å². The normalized spacial score (nSPS) is 17.4. The third-order valence-corrected chi connectivity index (χ3v) is 6.72. The minimum Gasteiger partial charge on any atom is -0.368 e. The molecule has 4 aromatic rings. The van der Waals surface area contributed by atoms with Crippen LogP contribution in [0, 0.1) is 0 Å². The fourth-order valence-corrected chi connectivity index (χ4v) is 4.96. The van der Waals surface area contributed by atoms with Crippen molar-refractivity contribution < 1.29 is 4.79 Å². The molecule has 3 aromatic heterocycles. The monoisotopic (exact) mass is 496 g/mol. The first kappa shape index (κ1) is 20.9. The quantitative estimate of drug-likeness (QED) is 0.446. The molecule has 1 amide bonds. The van der Waals surface area contributed by atoms with E-state index in [9.17, 15) is 9.59 Å². The lowest BCUT2D eigenvalue weighted by atomic mass is 9.98. The molecule has 34 heavy (non-hydrogen) atoms. The largest absolute Gasteiger partial charge is 0.368 e. The Kier molecular flexibility index (Phi) is 4.75. The van der Waals surface area contributed by atoms with Crippen molar-refractivity contribution in [3.05, 3.63) is 74.0 Å². The number of nitrogen functional groups attached to an aromatic ring is 1. The van der Waals surface area contributed by atoms with Crippen LogP contribution >= 0.6 is 23.2 Å². The van der Waals surface area contributed by atoms with Gasteiger partial charge in [0.25, 0.3) is 11.5 Å². The number of hydrogen-bond donors (Lipinski definition) is 2. The van der Waals surface area contributed by atoms with Crippen LogP contribution in [0.4, 0.5) is 11.8 Å². The molecule has 0 aliphatic carbocycles. The molecule has 0 bridgehead atoms. The summed E-state index contributed by atoms with van der Waals surface area (Å²) >= 11 is 12.5. The number of nitrogens with one attached hydrogen (secondary N) is 1. The van der Waals surface area contributed by atoms with Crippen LogP contribution in [0.3, 0.4) is 0 Å². The molecule has 10 nitrogen and oxygen atoms in total. The maximum absolute atomic E-state index is 13.6. The first-order valence-corrected chi connectivity index (χ1v) is 11.4. The van der Waals surface area contributed by atoms with Crippen molar-refractivity contribution in [3.63, 3.8) is 0 Å². The van der Waals surface area contributed by atoms with Gasteiger partial charge in [-0.05, 0) is 30.7 Å². The predicted molar refractivity (Wildman–Crippen MR) is 128 cm³/mol. The van der Waals surface area contributed by atoms with Gasteiger partial charge in [0, 0.05) is 30.7 Å². The summed E-state index contributed by atoms with van der Waals surface area (Å²) in [4.78, 5) is 36.9. The molecule has 0 saturated carbocycles. The Hall–Kier alpha value is -3.63. The maximum atomic E-state index is 13.6. The lowest BCUT2D eigenvalue weighted by molar-refractivity contribution is 0.0944. The second kappa shape index (κ2) is 7.71. The minimum atomic E-state index is -0.342. The first-order valence-electron chi connectivity index (χ1n) is 10.7. The van der Waals surface area contributed by atoms with Gasteiger partial charge >= 0.3 is 0 Å². The molecule has 5 heterocycles. The van der Waals surface area contributed by atoms with Gasteiger partial charge in [0.05, 0.1) is 22.4 Å². The van der Waals surface area contributed by atoms with Crippen molar-refractivity contribution in [2.45, 2.75) is 18.9 Å². The van der Waals surface area contributed by atoms with Crippen LogP contribution in [0.5, 0.6) is 0 Å². The second-order valence-electron chi connectivity index (χ2n) is 8.17. The van der Waals surface area contributed by atoms with E-state index < -0.39 is 0 Å². The Bertz CT molecular complexity index is 1550. The van der Waals surface area contributed by atoms with Crippen LogP contribution < -0.4 is 21.5 Å². The molecule has 3 N–H and O–H groups in total. The number of carbonyl (C=O) groups is 1. The molecule has 1 saturated heterocycles. The van der Waals surface area contributed by atoms with Gasteiger partial charge in [-0.1, -0.05) is 29.3 Å². The molecule has 12 heteroatoms. The fraction of sp³-hybridized carbons (Fsp3) is 0.227. The fourth-order valence-electron chi connectivity index (χ4n) is 4.55. The number of aromatic nitrogens is 5. The van der Waals surface area contributed by atoms with Gasteiger partial charge in [-0.2, -0.15) is 10.1 Å². The van der Waals surface area contributed by atoms with Crippen LogP contribution in [0.25, 0.3) is 11.2 Å². The summed E-state index contributed by atoms with van der Waals surface area (Å²) < 4.78 is 3.00. The molecule has 0 radical (unpaired) electrons. The lowest BCUT2D eigenvalue weighted by Crippen LogP contribution is -2.47. The number of benzene rings is 1. The highest BCUT2D eigenvalue weighted by atomic mass is 35.5. The zero-order chi connectivity index (χ0) is 23.6. The van der Waals surface area contributed by atoms with Crippen LogP contribution in [0.1, 0.15) is 34.3 Å². The van der Waals surface area contributed by atoms with E-state index >= 15 is 0 Å². The van der Waals surface area contributed by atoms with Gasteiger partial charge in [0.2, 0.25) is 5.95 Å². The SMILES string of the molecule is Nc1nc2c(c(N3CC[C@H]3c3nn4ccc(Cl)c4c(=O)n3-c3cccc(Cl)c3)n1)C(=O)NCC2. The number of anilines is 2. The molecule has 0 spiro atoms. The Balaban J connectivity index is 1.56. The van der Waals surface area contributed by atoms with Crippen molar-refractivity contribution in [1.82, 2.24) is 29.5 Å². The van der Waals surface area contributed by atoms with Crippen molar-refractivity contribution in [3.8, 4) is 5.69 Å². The van der Waals surface area contributed by atoms with E-state index in [-0.39, 0.29) is 29.0 Å². The zero-order valence-electron chi connectivity index (χ0n) is 17.7. The predicted octanol–water partition coefficient (Wildman–Crippen LogP) is 2.40. The molecule has 2 aliphatic heterocycles. The van der Waals surface area contributed by atoms with Crippen LogP contribution in [0.2, 0.25) is 10.0 Å². The van der Waals surface area contributed by atoms with Crippen LogP contribution in [-0.2, 0) is 6.42 Å². The standard InChI is InChI=1S/C22H18Cl2N8O2/c23-11-2-1-3-12(10-11)32-18(29-31-9-5-13(24)17(31)21(32)34)15-6-8-30(15)19-16-14(27-22(25)28-19)4-7-26-20(16)33/h1-3,5,9-10,15H,4,6-8H2,(H,26,33)(H2,25,27,28)/t15-/m0/s1. The Labute approximate surface area is 202 Å². The van der Waals surface area contributed by atoms with E-state index in [0.717, 1.165) is 0 Å². The molecule has 1 fully saturated rings. The Morgan fingerprint density at radius 2 is 2.00 bits per heavy atom. The Morgan fingerprint density at radius 3 is 2.76 bits per heavy atom. The molecule has 2 aliphatic rings. The molecular formula is C22H18Cl2N8O2. The minimum absolute atomic E-state index is 0.0990. The van der Waals surface area contributed by atoms with Crippen LogP contribution in [-0.4, -0.2) is 43.1 Å². The number of nitrogens with zero attached hydrogens (tertiary/aromatic N) is 6. The summed E-state index contributed by atoms with van der Waals surface area (Å²) in [5.41, 5.74) is 7.51. The molecular weight excluding hydrogens is 479 g/mol. The van der Waals surface area contributed by atoms with Gasteiger partial charge in [-0.25, -0.2) is 9.50 Å². The van der Waals surface area contributed by atoms with Crippen molar-refractivity contribution in [1.29, 1.82) is 0 Å². The summed E-state index contributed by atoms with van der Waals surface area (Å²) in [6, 6.07) is 8.26. The molecule has 1 atom stereocenters. The van der Waals surface area contributed by atoms with E-state index in [1.165, 1.54) is 9.08 Å². The molecule has 6 rings (SSSR count). The highest BCUT2D eigenvalue weighted by Gasteiger charge is 2.39. The van der Waals surface area contributed by atoms with Gasteiger partial charge in [0.1, 0.15) is 16.9 Å². The summed E-state index contributed by atoms with van der Waals surface area (Å²) in [5.74, 6) is 0.769. The summed E-state index contributed by atoms with van der Waals surface area (Å²) in [7, 11) is 0. The van der Waals surface area contributed by atoms with Gasteiger partial charge in [-0.3, -0.25) is 14.2 Å². The van der Waals surface area contributed by atoms with E-state index in [4.69, 9.17) is 34.0 Å². The number of nitrogens with two attached hydrogens (primary N) is 1. The summed E-state index contributed by atoms with van der Waals surface area (Å²) in [5, 5.41) is 8.38. The van der Waals surface area contributed by atoms with Crippen LogP contribution in [0.15, 0.2) is 41.3 Å². The average Bonchev–Trinajstić information content (AvgIpc) is 3.13. The smallest absolute Gasteiger partial charge is 0.284 e. The summed E-state index contributed by atoms with van der Waals surface area (Å²) in [6.45, 7) is 1.10. The van der Waals surface area contributed by atoms with Crippen molar-refractivity contribution >= 4 is 46.4 Å². The van der Waals surface area contributed by atoms with Crippen molar-refractivity contribution in [2.24, 2.45) is 0 Å². The highest BCUT2D eigenvalue weighted by molar-refractivity contribution is 6.33. The highest BCUT2D eigenvalue weighted by Crippen LogP contribution is 2.39. The number of halogens is 2. The number of hydrogen-bond acceptors (Lipinski definition) is 7. The lowest BCUT2D eigenvalue weighted by Gasteiger charge is -2.43. The zero-order valence-corrected chi connectivity index (χ0v) is 19.2. The summed E-state index contributed by atoms with van der Waals surface area (Å²) in [6.07, 6.45) is 2.90. The maximum Gasteiger partial charge on any atom is 0.284 e. The molecule has 172 valence electrons. The van der Waals surface area contributed by atoms with E-state index in [1.54, 1.807) is 36.5 Å². The average molecular weight is 497 g/mol. The van der Waals surface area contributed by atoms with Gasteiger partial charge in [0.15, 0.2) is 5.82 Å². The molecule has 1 aromatic carbocycles. The van der Waals surface area contributed by atoms with Crippen molar-refractivity contribution in [2.75, 3.05) is 23.7 Å². The number of amides is 1. The van der Waals surface area contributed by atoms with E-state index in [1.807, 2.05) is 4.90 Å². The number of fused-ring (bicyclic) bond motifs is 2. The third kappa shape index (κ3) is 3.13. The van der Waals surface area contributed by atoms with Gasteiger partial charge in [-0.15, -0.1) is 0 Å². The topological polar surface area (TPSA) is 123 Å². The molecule has 0 unspecified atom stereocenters. The second-order valence-corrected chi connectivity index (χ2v) is 9.01. The van der Waals surface area contributed by atoms with E-state index in [0.29, 0.717) is 64.6 Å². The van der Waals surface area contributed by atoms with E-state index in [2.05, 4.69) is 15.3 Å². The first-order chi connectivity index (χ1) is 16.4. The number of carbonyl (C=O) groups excluding carboxylic acids is 1.